The van der Waals surface area contributed by atoms with E-state index in [2.05, 4.69) is 60.6 Å². The van der Waals surface area contributed by atoms with Crippen LogP contribution < -0.4 is 10.2 Å². The maximum absolute atomic E-state index is 6.35. The average Bonchev–Trinajstić information content (AvgIpc) is 2.47. The van der Waals surface area contributed by atoms with E-state index in [0.29, 0.717) is 0 Å². The summed E-state index contributed by atoms with van der Waals surface area (Å²) in [5, 5.41) is 4.12. The number of rotatable bonds is 6. The largest absolute Gasteiger partial charge is 0.370 e. The Morgan fingerprint density at radius 3 is 2.50 bits per heavy atom. The van der Waals surface area contributed by atoms with Crippen molar-refractivity contribution < 1.29 is 0 Å². The third-order valence-electron chi connectivity index (χ3n) is 3.31. The van der Waals surface area contributed by atoms with Crippen LogP contribution in [0.15, 0.2) is 48.5 Å². The smallest absolute Gasteiger partial charge is 0.0471 e. The molecule has 0 radical (unpaired) electrons. The van der Waals surface area contributed by atoms with E-state index in [1.54, 1.807) is 0 Å². The van der Waals surface area contributed by atoms with Crippen LogP contribution in [0.4, 0.5) is 5.69 Å². The molecule has 0 heterocycles. The maximum atomic E-state index is 6.35. The molecule has 0 spiro atoms. The molecule has 0 aromatic heterocycles. The summed E-state index contributed by atoms with van der Waals surface area (Å²) in [7, 11) is 2.09. The third kappa shape index (κ3) is 3.99. The van der Waals surface area contributed by atoms with Gasteiger partial charge < -0.3 is 10.2 Å². The molecule has 0 unspecified atom stereocenters. The molecule has 0 aliphatic heterocycles. The van der Waals surface area contributed by atoms with Crippen LogP contribution in [-0.2, 0) is 13.1 Å². The van der Waals surface area contributed by atoms with Gasteiger partial charge in [-0.15, -0.1) is 0 Å². The lowest BCUT2D eigenvalue weighted by Gasteiger charge is -2.20. The standard InChI is InChI=1S/C17H21ClN2/c1-3-19-12-15-9-10-16(11-17(15)18)20(2)13-14-7-5-4-6-8-14/h4-11,19H,3,12-13H2,1-2H3. The fraction of sp³-hybridized carbons (Fsp3) is 0.294. The van der Waals surface area contributed by atoms with E-state index >= 15 is 0 Å². The number of halogens is 1. The van der Waals surface area contributed by atoms with Gasteiger partial charge in [-0.3, -0.25) is 0 Å². The van der Waals surface area contributed by atoms with E-state index in [-0.39, 0.29) is 0 Å². The molecule has 0 aliphatic rings. The van der Waals surface area contributed by atoms with E-state index in [4.69, 9.17) is 11.6 Å². The zero-order valence-electron chi connectivity index (χ0n) is 12.1. The SMILES string of the molecule is CCNCc1ccc(N(C)Cc2ccccc2)cc1Cl. The van der Waals surface area contributed by atoms with Crippen molar-refractivity contribution in [2.24, 2.45) is 0 Å². The summed E-state index contributed by atoms with van der Waals surface area (Å²) in [6.07, 6.45) is 0. The Hall–Kier alpha value is -1.51. The normalized spacial score (nSPS) is 10.6. The second-order valence-electron chi connectivity index (χ2n) is 4.90. The van der Waals surface area contributed by atoms with Crippen LogP contribution in [0.3, 0.4) is 0 Å². The summed E-state index contributed by atoms with van der Waals surface area (Å²) >= 11 is 6.35. The van der Waals surface area contributed by atoms with Gasteiger partial charge in [0.25, 0.3) is 0 Å². The first kappa shape index (κ1) is 14.9. The lowest BCUT2D eigenvalue weighted by molar-refractivity contribution is 0.727. The number of benzene rings is 2. The summed E-state index contributed by atoms with van der Waals surface area (Å²) in [4.78, 5) is 2.21. The predicted octanol–water partition coefficient (Wildman–Crippen LogP) is 4.09. The zero-order valence-corrected chi connectivity index (χ0v) is 12.8. The van der Waals surface area contributed by atoms with Gasteiger partial charge in [-0.1, -0.05) is 54.9 Å². The van der Waals surface area contributed by atoms with E-state index in [9.17, 15) is 0 Å². The topological polar surface area (TPSA) is 15.3 Å². The fourth-order valence-electron chi connectivity index (χ4n) is 2.13. The van der Waals surface area contributed by atoms with Gasteiger partial charge in [-0.25, -0.2) is 0 Å². The Morgan fingerprint density at radius 2 is 1.85 bits per heavy atom. The van der Waals surface area contributed by atoms with Crippen molar-refractivity contribution in [3.63, 3.8) is 0 Å². The van der Waals surface area contributed by atoms with Gasteiger partial charge in [-0.2, -0.15) is 0 Å². The number of hydrogen-bond donors (Lipinski definition) is 1. The molecule has 0 aliphatic carbocycles. The molecular weight excluding hydrogens is 268 g/mol. The lowest BCUT2D eigenvalue weighted by atomic mass is 10.1. The van der Waals surface area contributed by atoms with Crippen LogP contribution in [0.1, 0.15) is 18.1 Å². The number of hydrogen-bond acceptors (Lipinski definition) is 2. The predicted molar refractivity (Wildman–Crippen MR) is 87.4 cm³/mol. The van der Waals surface area contributed by atoms with E-state index in [1.165, 1.54) is 5.56 Å². The molecule has 0 amide bonds. The van der Waals surface area contributed by atoms with Crippen molar-refractivity contribution in [1.29, 1.82) is 0 Å². The Balaban J connectivity index is 2.07. The molecule has 0 saturated carbocycles. The Kier molecular flexibility index (Phi) is 5.45. The molecule has 1 N–H and O–H groups in total. The van der Waals surface area contributed by atoms with Crippen LogP contribution in [-0.4, -0.2) is 13.6 Å². The minimum absolute atomic E-state index is 0.817. The molecule has 106 valence electrons. The number of nitrogens with one attached hydrogen (secondary N) is 1. The van der Waals surface area contributed by atoms with Crippen molar-refractivity contribution in [2.45, 2.75) is 20.0 Å². The average molecular weight is 289 g/mol. The highest BCUT2D eigenvalue weighted by molar-refractivity contribution is 6.31. The van der Waals surface area contributed by atoms with Gasteiger partial charge in [-0.05, 0) is 29.8 Å². The van der Waals surface area contributed by atoms with Crippen molar-refractivity contribution in [2.75, 3.05) is 18.5 Å². The zero-order chi connectivity index (χ0) is 14.4. The number of anilines is 1. The fourth-order valence-corrected chi connectivity index (χ4v) is 2.37. The minimum Gasteiger partial charge on any atom is -0.370 e. The van der Waals surface area contributed by atoms with E-state index in [1.807, 2.05) is 12.1 Å². The van der Waals surface area contributed by atoms with Gasteiger partial charge in [0, 0.05) is 30.8 Å². The van der Waals surface area contributed by atoms with Gasteiger partial charge >= 0.3 is 0 Å². The first-order valence-electron chi connectivity index (χ1n) is 6.95. The van der Waals surface area contributed by atoms with E-state index in [0.717, 1.165) is 35.9 Å². The van der Waals surface area contributed by atoms with Crippen molar-refractivity contribution >= 4 is 17.3 Å². The summed E-state index contributed by atoms with van der Waals surface area (Å²) in [5.74, 6) is 0. The second kappa shape index (κ2) is 7.32. The first-order chi connectivity index (χ1) is 9.70. The summed E-state index contributed by atoms with van der Waals surface area (Å²) in [5.41, 5.74) is 3.58. The van der Waals surface area contributed by atoms with Crippen molar-refractivity contribution in [1.82, 2.24) is 5.32 Å². The maximum Gasteiger partial charge on any atom is 0.0471 e. The van der Waals surface area contributed by atoms with Gasteiger partial charge in [0.15, 0.2) is 0 Å². The molecule has 2 aromatic rings. The highest BCUT2D eigenvalue weighted by Crippen LogP contribution is 2.24. The lowest BCUT2D eigenvalue weighted by Crippen LogP contribution is -2.17. The Morgan fingerprint density at radius 1 is 1.10 bits per heavy atom. The Bertz CT molecular complexity index is 540. The number of nitrogens with zero attached hydrogens (tertiary/aromatic N) is 1. The molecule has 20 heavy (non-hydrogen) atoms. The monoisotopic (exact) mass is 288 g/mol. The first-order valence-corrected chi connectivity index (χ1v) is 7.32. The molecule has 2 aromatic carbocycles. The molecule has 2 rings (SSSR count). The molecule has 3 heteroatoms. The highest BCUT2D eigenvalue weighted by atomic mass is 35.5. The molecule has 0 bridgehead atoms. The molecule has 0 atom stereocenters. The van der Waals surface area contributed by atoms with Crippen LogP contribution in [0.5, 0.6) is 0 Å². The van der Waals surface area contributed by atoms with Crippen LogP contribution in [0.2, 0.25) is 5.02 Å². The van der Waals surface area contributed by atoms with Crippen LogP contribution in [0, 0.1) is 0 Å². The Labute approximate surface area is 126 Å². The molecule has 2 nitrogen and oxygen atoms in total. The van der Waals surface area contributed by atoms with Gasteiger partial charge in [0.1, 0.15) is 0 Å². The second-order valence-corrected chi connectivity index (χ2v) is 5.30. The van der Waals surface area contributed by atoms with Crippen LogP contribution >= 0.6 is 11.6 Å². The summed E-state index contributed by atoms with van der Waals surface area (Å²) in [6.45, 7) is 4.74. The van der Waals surface area contributed by atoms with Gasteiger partial charge in [0.05, 0.1) is 0 Å². The van der Waals surface area contributed by atoms with Crippen molar-refractivity contribution in [3.8, 4) is 0 Å². The molecule has 0 saturated heterocycles. The van der Waals surface area contributed by atoms with Gasteiger partial charge in [0.2, 0.25) is 0 Å². The molecular formula is C17H21ClN2. The van der Waals surface area contributed by atoms with E-state index < -0.39 is 0 Å². The van der Waals surface area contributed by atoms with Crippen LogP contribution in [0.25, 0.3) is 0 Å². The summed E-state index contributed by atoms with van der Waals surface area (Å²) < 4.78 is 0. The molecule has 0 fully saturated rings. The minimum atomic E-state index is 0.817. The third-order valence-corrected chi connectivity index (χ3v) is 3.66. The quantitative estimate of drug-likeness (QED) is 0.861. The highest BCUT2D eigenvalue weighted by Gasteiger charge is 2.06. The summed E-state index contributed by atoms with van der Waals surface area (Å²) in [6, 6.07) is 16.7. The van der Waals surface area contributed by atoms with Crippen molar-refractivity contribution in [3.05, 3.63) is 64.7 Å².